The topological polar surface area (TPSA) is 75.4 Å². The number of carbonyl (C=O) groups is 1. The number of fused-ring (bicyclic) bond motifs is 1. The summed E-state index contributed by atoms with van der Waals surface area (Å²) in [5.74, 6) is 1.27. The van der Waals surface area contributed by atoms with E-state index in [4.69, 9.17) is 9.51 Å². The Morgan fingerprint density at radius 2 is 1.71 bits per heavy atom. The maximum atomic E-state index is 13.6. The number of amides is 1. The number of thiophene rings is 1. The van der Waals surface area contributed by atoms with Gasteiger partial charge in [0.2, 0.25) is 11.7 Å². The highest BCUT2D eigenvalue weighted by molar-refractivity contribution is 7.13. The van der Waals surface area contributed by atoms with Crippen LogP contribution in [0.1, 0.15) is 16.2 Å². The standard InChI is InChI=1S/C27H23N5O2S/c33-27(21-17-23(19-7-2-1-3-8-19)28-22-10-5-4-9-20(21)22)32-14-12-31(13-15-32)18-25-29-26(30-34-25)24-11-6-16-35-24/h1-11,16-17H,12-15,18H2. The molecule has 0 unspecified atom stereocenters. The fourth-order valence-electron chi connectivity index (χ4n) is 4.40. The number of rotatable bonds is 5. The van der Waals surface area contributed by atoms with Gasteiger partial charge in [-0.15, -0.1) is 11.3 Å². The van der Waals surface area contributed by atoms with Gasteiger partial charge in [-0.1, -0.05) is 59.8 Å². The SMILES string of the molecule is O=C(c1cc(-c2ccccc2)nc2ccccc12)N1CCN(Cc2nc(-c3cccs3)no2)CC1. The fraction of sp³-hybridized carbons (Fsp3) is 0.185. The van der Waals surface area contributed by atoms with Crippen LogP contribution in [0.3, 0.4) is 0 Å². The van der Waals surface area contributed by atoms with Gasteiger partial charge in [0, 0.05) is 37.1 Å². The van der Waals surface area contributed by atoms with Crippen molar-refractivity contribution in [3.63, 3.8) is 0 Å². The number of hydrogen-bond acceptors (Lipinski definition) is 7. The third kappa shape index (κ3) is 4.45. The number of benzene rings is 2. The van der Waals surface area contributed by atoms with E-state index < -0.39 is 0 Å². The minimum Gasteiger partial charge on any atom is -0.338 e. The lowest BCUT2D eigenvalue weighted by molar-refractivity contribution is 0.0617. The highest BCUT2D eigenvalue weighted by atomic mass is 32.1. The van der Waals surface area contributed by atoms with Crippen LogP contribution < -0.4 is 0 Å². The predicted molar refractivity (Wildman–Crippen MR) is 136 cm³/mol. The Bertz CT molecular complexity index is 1460. The first kappa shape index (κ1) is 21.6. The van der Waals surface area contributed by atoms with E-state index in [0.717, 1.165) is 40.1 Å². The van der Waals surface area contributed by atoms with Crippen LogP contribution in [0.2, 0.25) is 0 Å². The molecule has 3 aromatic heterocycles. The van der Waals surface area contributed by atoms with Crippen LogP contribution in [0.5, 0.6) is 0 Å². The Kier molecular flexibility index (Phi) is 5.81. The Balaban J connectivity index is 1.18. The second-order valence-electron chi connectivity index (χ2n) is 8.50. The molecule has 1 amide bonds. The molecule has 35 heavy (non-hydrogen) atoms. The van der Waals surface area contributed by atoms with E-state index in [-0.39, 0.29) is 5.91 Å². The molecule has 1 aliphatic rings. The average molecular weight is 482 g/mol. The van der Waals surface area contributed by atoms with Crippen molar-refractivity contribution >= 4 is 28.1 Å². The Morgan fingerprint density at radius 3 is 2.51 bits per heavy atom. The van der Waals surface area contributed by atoms with Gasteiger partial charge in [-0.25, -0.2) is 4.98 Å². The van der Waals surface area contributed by atoms with Crippen molar-refractivity contribution < 1.29 is 9.32 Å². The van der Waals surface area contributed by atoms with Gasteiger partial charge in [0.15, 0.2) is 0 Å². The van der Waals surface area contributed by atoms with E-state index in [2.05, 4.69) is 15.0 Å². The van der Waals surface area contributed by atoms with Gasteiger partial charge in [0.05, 0.1) is 28.2 Å². The normalized spacial score (nSPS) is 14.5. The minimum absolute atomic E-state index is 0.0400. The van der Waals surface area contributed by atoms with Crippen LogP contribution >= 0.6 is 11.3 Å². The molecule has 8 heteroatoms. The maximum absolute atomic E-state index is 13.6. The largest absolute Gasteiger partial charge is 0.338 e. The molecule has 0 bridgehead atoms. The summed E-state index contributed by atoms with van der Waals surface area (Å²) in [4.78, 5) is 28.1. The molecule has 1 saturated heterocycles. The third-order valence-electron chi connectivity index (χ3n) is 6.24. The van der Waals surface area contributed by atoms with E-state index in [1.807, 2.05) is 83.1 Å². The van der Waals surface area contributed by atoms with Gasteiger partial charge in [-0.2, -0.15) is 4.98 Å². The summed E-state index contributed by atoms with van der Waals surface area (Å²) in [5.41, 5.74) is 3.33. The summed E-state index contributed by atoms with van der Waals surface area (Å²) in [5, 5.41) is 6.97. The number of piperazine rings is 1. The van der Waals surface area contributed by atoms with E-state index in [1.165, 1.54) is 0 Å². The van der Waals surface area contributed by atoms with E-state index in [0.29, 0.717) is 36.9 Å². The molecule has 0 N–H and O–H groups in total. The second-order valence-corrected chi connectivity index (χ2v) is 9.44. The van der Waals surface area contributed by atoms with Crippen LogP contribution in [0.15, 0.2) is 82.7 Å². The number of pyridine rings is 1. The van der Waals surface area contributed by atoms with Gasteiger partial charge in [0.1, 0.15) is 0 Å². The molecular formula is C27H23N5O2S. The summed E-state index contributed by atoms with van der Waals surface area (Å²) >= 11 is 1.59. The zero-order valence-corrected chi connectivity index (χ0v) is 19.8. The molecule has 2 aromatic carbocycles. The molecule has 6 rings (SSSR count). The summed E-state index contributed by atoms with van der Waals surface area (Å²) in [6.07, 6.45) is 0. The summed E-state index contributed by atoms with van der Waals surface area (Å²) in [6, 6.07) is 23.7. The summed E-state index contributed by atoms with van der Waals surface area (Å²) < 4.78 is 5.45. The van der Waals surface area contributed by atoms with Crippen molar-refractivity contribution in [2.75, 3.05) is 26.2 Å². The summed E-state index contributed by atoms with van der Waals surface area (Å²) in [6.45, 7) is 3.36. The Labute approximate surface area is 206 Å². The second kappa shape index (κ2) is 9.40. The molecule has 174 valence electrons. The van der Waals surface area contributed by atoms with E-state index >= 15 is 0 Å². The smallest absolute Gasteiger partial charge is 0.254 e. The highest BCUT2D eigenvalue weighted by Crippen LogP contribution is 2.26. The highest BCUT2D eigenvalue weighted by Gasteiger charge is 2.25. The van der Waals surface area contributed by atoms with Crippen LogP contribution in [0.25, 0.3) is 32.9 Å². The summed E-state index contributed by atoms with van der Waals surface area (Å²) in [7, 11) is 0. The average Bonchev–Trinajstić information content (AvgIpc) is 3.61. The molecule has 0 atom stereocenters. The zero-order chi connectivity index (χ0) is 23.6. The van der Waals surface area contributed by atoms with Crippen molar-refractivity contribution in [3.8, 4) is 22.0 Å². The third-order valence-corrected chi connectivity index (χ3v) is 7.11. The van der Waals surface area contributed by atoms with Crippen molar-refractivity contribution in [1.29, 1.82) is 0 Å². The van der Waals surface area contributed by atoms with Gasteiger partial charge in [0.25, 0.3) is 5.91 Å². The molecule has 0 saturated carbocycles. The number of aromatic nitrogens is 3. The monoisotopic (exact) mass is 481 g/mol. The maximum Gasteiger partial charge on any atom is 0.254 e. The quantitative estimate of drug-likeness (QED) is 0.353. The molecule has 0 radical (unpaired) electrons. The fourth-order valence-corrected chi connectivity index (χ4v) is 5.05. The van der Waals surface area contributed by atoms with Gasteiger partial charge in [-0.3, -0.25) is 9.69 Å². The lowest BCUT2D eigenvalue weighted by Gasteiger charge is -2.34. The molecule has 1 fully saturated rings. The lowest BCUT2D eigenvalue weighted by Crippen LogP contribution is -2.48. The van der Waals surface area contributed by atoms with Gasteiger partial charge in [-0.05, 0) is 23.6 Å². The van der Waals surface area contributed by atoms with Crippen LogP contribution in [0, 0.1) is 0 Å². The van der Waals surface area contributed by atoms with Crippen molar-refractivity contribution in [2.45, 2.75) is 6.54 Å². The predicted octanol–water partition coefficient (Wildman–Crippen LogP) is 4.97. The molecule has 4 heterocycles. The van der Waals surface area contributed by atoms with Crippen LogP contribution in [0.4, 0.5) is 0 Å². The van der Waals surface area contributed by atoms with Crippen LogP contribution in [-0.2, 0) is 6.54 Å². The number of nitrogens with zero attached hydrogens (tertiary/aromatic N) is 5. The van der Waals surface area contributed by atoms with Crippen molar-refractivity contribution in [2.24, 2.45) is 0 Å². The first-order valence-corrected chi connectivity index (χ1v) is 12.5. The minimum atomic E-state index is 0.0400. The first-order chi connectivity index (χ1) is 17.2. The molecule has 0 aliphatic carbocycles. The van der Waals surface area contributed by atoms with Crippen molar-refractivity contribution in [3.05, 3.63) is 89.6 Å². The molecule has 1 aliphatic heterocycles. The number of para-hydroxylation sites is 1. The molecule has 5 aromatic rings. The molecule has 7 nitrogen and oxygen atoms in total. The lowest BCUT2D eigenvalue weighted by atomic mass is 10.0. The number of hydrogen-bond donors (Lipinski definition) is 0. The van der Waals surface area contributed by atoms with Gasteiger partial charge >= 0.3 is 0 Å². The van der Waals surface area contributed by atoms with Gasteiger partial charge < -0.3 is 9.42 Å². The Morgan fingerprint density at radius 1 is 0.914 bits per heavy atom. The number of carbonyl (C=O) groups excluding carboxylic acids is 1. The van der Waals surface area contributed by atoms with E-state index in [1.54, 1.807) is 11.3 Å². The molecule has 0 spiro atoms. The van der Waals surface area contributed by atoms with Crippen LogP contribution in [-0.4, -0.2) is 57.0 Å². The molecular weight excluding hydrogens is 458 g/mol. The Hall–Kier alpha value is -3.88. The van der Waals surface area contributed by atoms with E-state index in [9.17, 15) is 4.79 Å². The van der Waals surface area contributed by atoms with Crippen molar-refractivity contribution in [1.82, 2.24) is 24.9 Å². The first-order valence-electron chi connectivity index (χ1n) is 11.6. The zero-order valence-electron chi connectivity index (χ0n) is 19.0.